The number of fused-ring (bicyclic) bond motifs is 5. The molecule has 0 radical (unpaired) electrons. The second-order valence-electron chi connectivity index (χ2n) is 11.4. The maximum atomic E-state index is 13.7. The highest BCUT2D eigenvalue weighted by Gasteiger charge is 2.61. The van der Waals surface area contributed by atoms with Gasteiger partial charge in [-0.3, -0.25) is 4.79 Å². The summed E-state index contributed by atoms with van der Waals surface area (Å²) in [5, 5.41) is 0. The van der Waals surface area contributed by atoms with Crippen molar-refractivity contribution < 1.29 is 14.3 Å². The van der Waals surface area contributed by atoms with E-state index in [0.29, 0.717) is 48.6 Å². The lowest BCUT2D eigenvalue weighted by atomic mass is 9.47. The fourth-order valence-electron chi connectivity index (χ4n) is 7.89. The van der Waals surface area contributed by atoms with Crippen LogP contribution in [0.3, 0.4) is 0 Å². The summed E-state index contributed by atoms with van der Waals surface area (Å²) in [6.07, 6.45) is 19.0. The zero-order chi connectivity index (χ0) is 23.4. The first-order valence-electron chi connectivity index (χ1n) is 12.6. The first-order valence-corrected chi connectivity index (χ1v) is 12.6. The van der Waals surface area contributed by atoms with Crippen LogP contribution in [0.2, 0.25) is 0 Å². The van der Waals surface area contributed by atoms with Gasteiger partial charge in [0.2, 0.25) is 0 Å². The molecule has 0 bridgehead atoms. The highest BCUT2D eigenvalue weighted by molar-refractivity contribution is 5.89. The van der Waals surface area contributed by atoms with Crippen molar-refractivity contribution in [3.05, 3.63) is 60.0 Å². The van der Waals surface area contributed by atoms with Gasteiger partial charge in [-0.2, -0.15) is 0 Å². The van der Waals surface area contributed by atoms with Gasteiger partial charge in [0, 0.05) is 37.4 Å². The maximum absolute atomic E-state index is 13.7. The molecule has 33 heavy (non-hydrogen) atoms. The van der Waals surface area contributed by atoms with E-state index in [1.165, 1.54) is 12.0 Å². The minimum absolute atomic E-state index is 0.0251. The molecule has 0 N–H and O–H groups in total. The van der Waals surface area contributed by atoms with E-state index in [4.69, 9.17) is 4.74 Å². The van der Waals surface area contributed by atoms with E-state index < -0.39 is 0 Å². The zero-order valence-corrected chi connectivity index (χ0v) is 20.3. The third kappa shape index (κ3) is 3.66. The molecule has 6 unspecified atom stereocenters. The Balaban J connectivity index is 1.27. The molecule has 0 aromatic rings. The van der Waals surface area contributed by atoms with Crippen molar-refractivity contribution in [2.24, 2.45) is 34.5 Å². The first kappa shape index (κ1) is 22.4. The third-order valence-electron chi connectivity index (χ3n) is 9.54. The molecular weight excluding hydrogens is 410 g/mol. The molecule has 0 amide bonds. The zero-order valence-electron chi connectivity index (χ0n) is 20.3. The molecule has 3 fully saturated rings. The fraction of sp³-hybridized carbons (Fsp3) is 0.586. The van der Waals surface area contributed by atoms with Crippen molar-refractivity contribution in [2.75, 3.05) is 13.7 Å². The third-order valence-corrected chi connectivity index (χ3v) is 9.54. The second-order valence-corrected chi connectivity index (χ2v) is 11.4. The second kappa shape index (κ2) is 8.14. The molecule has 5 aliphatic rings. The minimum atomic E-state index is -0.212. The summed E-state index contributed by atoms with van der Waals surface area (Å²) in [7, 11) is 1.92. The maximum Gasteiger partial charge on any atom is 0.335 e. The summed E-state index contributed by atoms with van der Waals surface area (Å²) in [5.41, 5.74) is 3.03. The van der Waals surface area contributed by atoms with Crippen LogP contribution in [0.5, 0.6) is 0 Å². The van der Waals surface area contributed by atoms with Crippen LogP contribution in [0.25, 0.3) is 0 Å². The molecule has 1 aliphatic heterocycles. The van der Waals surface area contributed by atoms with Crippen LogP contribution in [0.1, 0.15) is 58.8 Å². The van der Waals surface area contributed by atoms with Crippen molar-refractivity contribution in [2.45, 2.75) is 58.8 Å². The topological polar surface area (TPSA) is 46.6 Å². The Morgan fingerprint density at radius 3 is 2.88 bits per heavy atom. The quantitative estimate of drug-likeness (QED) is 0.515. The van der Waals surface area contributed by atoms with Gasteiger partial charge in [0.15, 0.2) is 0 Å². The predicted octanol–water partition coefficient (Wildman–Crippen LogP) is 5.74. The molecule has 176 valence electrons. The molecule has 0 spiro atoms. The molecule has 4 aliphatic carbocycles. The summed E-state index contributed by atoms with van der Waals surface area (Å²) < 4.78 is 5.67. The lowest BCUT2D eigenvalue weighted by Crippen LogP contribution is -2.54. The number of ether oxygens (including phenoxy) is 1. The van der Waals surface area contributed by atoms with Gasteiger partial charge in [-0.15, -0.1) is 0 Å². The summed E-state index contributed by atoms with van der Waals surface area (Å²) in [4.78, 5) is 28.1. The highest BCUT2D eigenvalue weighted by atomic mass is 16.5. The van der Waals surface area contributed by atoms with Crippen LogP contribution in [-0.2, 0) is 14.3 Å². The van der Waals surface area contributed by atoms with Crippen molar-refractivity contribution >= 4 is 11.8 Å². The van der Waals surface area contributed by atoms with E-state index >= 15 is 0 Å². The summed E-state index contributed by atoms with van der Waals surface area (Å²) in [5.74, 6) is 1.80. The number of carbonyl (C=O) groups excluding carboxylic acids is 2. The minimum Gasteiger partial charge on any atom is -0.462 e. The van der Waals surface area contributed by atoms with Crippen LogP contribution in [0.4, 0.5) is 0 Å². The molecule has 5 rings (SSSR count). The number of allylic oxidation sites excluding steroid dienone is 6. The number of nitrogens with zero attached hydrogens (tertiary/aromatic N) is 1. The fourth-order valence-corrected chi connectivity index (χ4v) is 7.89. The lowest BCUT2D eigenvalue weighted by molar-refractivity contribution is -0.145. The Labute approximate surface area is 198 Å². The van der Waals surface area contributed by atoms with Gasteiger partial charge < -0.3 is 9.64 Å². The van der Waals surface area contributed by atoms with E-state index in [0.717, 1.165) is 31.3 Å². The Hall–Kier alpha value is -2.36. The van der Waals surface area contributed by atoms with Gasteiger partial charge in [-0.1, -0.05) is 50.3 Å². The van der Waals surface area contributed by atoms with E-state index in [-0.39, 0.29) is 22.7 Å². The van der Waals surface area contributed by atoms with Gasteiger partial charge in [-0.25, -0.2) is 4.79 Å². The van der Waals surface area contributed by atoms with Crippen LogP contribution in [0, 0.1) is 34.5 Å². The van der Waals surface area contributed by atoms with Crippen molar-refractivity contribution in [1.82, 2.24) is 4.90 Å². The predicted molar refractivity (Wildman–Crippen MR) is 130 cm³/mol. The van der Waals surface area contributed by atoms with Crippen LogP contribution in [0.15, 0.2) is 60.0 Å². The molecular formula is C29H37NO3. The van der Waals surface area contributed by atoms with Crippen molar-refractivity contribution in [3.8, 4) is 0 Å². The van der Waals surface area contributed by atoms with Crippen LogP contribution >= 0.6 is 0 Å². The number of hydrogen-bond acceptors (Lipinski definition) is 4. The Morgan fingerprint density at radius 2 is 2.09 bits per heavy atom. The summed E-state index contributed by atoms with van der Waals surface area (Å²) >= 11 is 0. The number of hydrogen-bond donors (Lipinski definition) is 0. The van der Waals surface area contributed by atoms with Gasteiger partial charge in [0.25, 0.3) is 0 Å². The molecule has 3 saturated carbocycles. The SMILES string of the molecule is C=C1C=CC2(C)C(=C1)CCC1C2C(=O)CC2(C)C(CCOC(=O)C3=CN(C)C=CC3)CCC12. The Bertz CT molecular complexity index is 1000. The Morgan fingerprint density at radius 1 is 1.27 bits per heavy atom. The van der Waals surface area contributed by atoms with Gasteiger partial charge >= 0.3 is 5.97 Å². The van der Waals surface area contributed by atoms with Gasteiger partial charge in [0.05, 0.1) is 12.2 Å². The van der Waals surface area contributed by atoms with E-state index in [1.54, 1.807) is 0 Å². The number of ketones is 1. The molecule has 1 heterocycles. The number of carbonyl (C=O) groups is 2. The van der Waals surface area contributed by atoms with E-state index in [9.17, 15) is 9.59 Å². The largest absolute Gasteiger partial charge is 0.462 e. The van der Waals surface area contributed by atoms with E-state index in [1.807, 2.05) is 30.4 Å². The number of rotatable bonds is 4. The summed E-state index contributed by atoms with van der Waals surface area (Å²) in [6, 6.07) is 0. The summed E-state index contributed by atoms with van der Waals surface area (Å²) in [6.45, 7) is 9.18. The average molecular weight is 448 g/mol. The average Bonchev–Trinajstić information content (AvgIpc) is 3.09. The van der Waals surface area contributed by atoms with Crippen molar-refractivity contribution in [1.29, 1.82) is 0 Å². The highest BCUT2D eigenvalue weighted by Crippen LogP contribution is 2.65. The first-order chi connectivity index (χ1) is 15.7. The van der Waals surface area contributed by atoms with Gasteiger partial charge in [-0.05, 0) is 67.0 Å². The normalized spacial score (nSPS) is 39.4. The standard InChI is InChI=1S/C29H37NO3/c1-19-11-13-28(2)22(16-19)7-9-23-24-10-8-21(29(24,3)17-25(31)26(23)28)12-15-33-27(32)20-6-5-14-30(4)18-20/h5,11,13-14,16,18,21,23-24,26H,1,6-10,12,15,17H2,2-4H3. The van der Waals surface area contributed by atoms with Crippen molar-refractivity contribution in [3.63, 3.8) is 0 Å². The van der Waals surface area contributed by atoms with E-state index in [2.05, 4.69) is 38.7 Å². The molecule has 0 aromatic heterocycles. The molecule has 4 heteroatoms. The number of esters is 1. The smallest absolute Gasteiger partial charge is 0.335 e. The monoisotopic (exact) mass is 447 g/mol. The molecule has 0 aromatic carbocycles. The lowest BCUT2D eigenvalue weighted by Gasteiger charge is -2.56. The molecule has 4 nitrogen and oxygen atoms in total. The molecule has 6 atom stereocenters. The Kier molecular flexibility index (Phi) is 5.54. The molecule has 0 saturated heterocycles. The number of Topliss-reactive ketones (excluding diaryl/α,β-unsaturated/α-hetero) is 1. The van der Waals surface area contributed by atoms with Gasteiger partial charge in [0.1, 0.15) is 5.78 Å². The van der Waals surface area contributed by atoms with Crippen LogP contribution < -0.4 is 0 Å². The van der Waals surface area contributed by atoms with Crippen LogP contribution in [-0.4, -0.2) is 30.3 Å².